The van der Waals surface area contributed by atoms with Crippen molar-refractivity contribution >= 4 is 43.8 Å². The van der Waals surface area contributed by atoms with Gasteiger partial charge in [-0.3, -0.25) is 0 Å². The summed E-state index contributed by atoms with van der Waals surface area (Å²) in [5, 5.41) is 0. The molecule has 0 saturated carbocycles. The smallest absolute Gasteiger partial charge is 0.331 e. The van der Waals surface area contributed by atoms with Crippen LogP contribution in [0.1, 0.15) is 11.1 Å². The lowest BCUT2D eigenvalue weighted by molar-refractivity contribution is -0.140. The predicted octanol–water partition coefficient (Wildman–Crippen LogP) is 5.11. The van der Waals surface area contributed by atoms with Gasteiger partial charge in [0.25, 0.3) is 0 Å². The number of allylic oxidation sites excluding steroid dienone is 2. The lowest BCUT2D eigenvalue weighted by Crippen LogP contribution is -2.01. The largest absolute Gasteiger partial charge is 0.458 e. The Morgan fingerprint density at radius 2 is 1.19 bits per heavy atom. The van der Waals surface area contributed by atoms with Crippen LogP contribution in [0.4, 0.5) is 0 Å². The maximum Gasteiger partial charge on any atom is 0.331 e. The third-order valence-corrected chi connectivity index (χ3v) is 4.10. The molecule has 2 aromatic rings. The van der Waals surface area contributed by atoms with E-state index in [-0.39, 0.29) is 13.2 Å². The summed E-state index contributed by atoms with van der Waals surface area (Å²) in [5.41, 5.74) is 1.76. The Morgan fingerprint density at radius 1 is 0.769 bits per heavy atom. The second-order valence-corrected chi connectivity index (χ2v) is 7.02. The van der Waals surface area contributed by atoms with Crippen LogP contribution in [0.3, 0.4) is 0 Å². The summed E-state index contributed by atoms with van der Waals surface area (Å²) < 4.78 is 12.1. The van der Waals surface area contributed by atoms with Crippen LogP contribution in [0.25, 0.3) is 0 Å². The first-order valence-electron chi connectivity index (χ1n) is 7.70. The Labute approximate surface area is 168 Å². The Balaban J connectivity index is 1.70. The van der Waals surface area contributed by atoms with E-state index in [0.29, 0.717) is 0 Å². The lowest BCUT2D eigenvalue weighted by atomic mass is 10.2. The molecule has 2 rings (SSSR count). The summed E-state index contributed by atoms with van der Waals surface area (Å²) in [6.45, 7) is 0.363. The van der Waals surface area contributed by atoms with Gasteiger partial charge < -0.3 is 9.47 Å². The Morgan fingerprint density at radius 3 is 1.58 bits per heavy atom. The van der Waals surface area contributed by atoms with E-state index in [1.165, 1.54) is 24.3 Å². The molecule has 0 fully saturated rings. The van der Waals surface area contributed by atoms with E-state index in [0.717, 1.165) is 20.1 Å². The zero-order valence-electron chi connectivity index (χ0n) is 13.7. The van der Waals surface area contributed by atoms with Crippen molar-refractivity contribution in [2.45, 2.75) is 13.2 Å². The van der Waals surface area contributed by atoms with E-state index in [2.05, 4.69) is 31.9 Å². The number of hydrogen-bond acceptors (Lipinski definition) is 4. The van der Waals surface area contributed by atoms with Gasteiger partial charge in [0, 0.05) is 21.1 Å². The number of ether oxygens (including phenoxy) is 2. The third-order valence-electron chi connectivity index (χ3n) is 3.12. The highest BCUT2D eigenvalue weighted by Crippen LogP contribution is 2.13. The van der Waals surface area contributed by atoms with Gasteiger partial charge in [0.1, 0.15) is 13.2 Å². The number of benzene rings is 2. The summed E-state index contributed by atoms with van der Waals surface area (Å²) in [5.74, 6) is -0.978. The molecular formula is C20H16Br2O4. The quantitative estimate of drug-likeness (QED) is 0.314. The van der Waals surface area contributed by atoms with Crippen molar-refractivity contribution in [2.24, 2.45) is 0 Å². The molecule has 0 aliphatic heterocycles. The van der Waals surface area contributed by atoms with Crippen molar-refractivity contribution < 1.29 is 19.1 Å². The first-order chi connectivity index (χ1) is 12.5. The normalized spacial score (nSPS) is 11.0. The highest BCUT2D eigenvalue weighted by atomic mass is 79.9. The van der Waals surface area contributed by atoms with Crippen LogP contribution in [0.5, 0.6) is 0 Å². The minimum atomic E-state index is -0.489. The van der Waals surface area contributed by atoms with Crippen LogP contribution >= 0.6 is 31.9 Å². The van der Waals surface area contributed by atoms with Gasteiger partial charge in [0.2, 0.25) is 0 Å². The van der Waals surface area contributed by atoms with Gasteiger partial charge in [0.05, 0.1) is 0 Å². The molecule has 134 valence electrons. The van der Waals surface area contributed by atoms with Crippen molar-refractivity contribution in [3.63, 3.8) is 0 Å². The molecule has 0 aliphatic rings. The maximum atomic E-state index is 11.6. The number of halogens is 2. The summed E-state index contributed by atoms with van der Waals surface area (Å²) in [6.07, 6.45) is 5.36. The SMILES string of the molecule is O=C(/C=C/C=C/C(=O)OCc1cccc(Br)c1)OCc1cccc(Br)c1. The number of hydrogen-bond donors (Lipinski definition) is 0. The van der Waals surface area contributed by atoms with Gasteiger partial charge >= 0.3 is 11.9 Å². The summed E-state index contributed by atoms with van der Waals surface area (Å²) in [7, 11) is 0. The molecule has 0 heterocycles. The van der Waals surface area contributed by atoms with E-state index in [4.69, 9.17) is 9.47 Å². The molecule has 6 heteroatoms. The van der Waals surface area contributed by atoms with Gasteiger partial charge in [-0.1, -0.05) is 68.3 Å². The average Bonchev–Trinajstić information content (AvgIpc) is 2.62. The van der Waals surface area contributed by atoms with Crippen LogP contribution < -0.4 is 0 Å². The highest BCUT2D eigenvalue weighted by Gasteiger charge is 2.00. The summed E-state index contributed by atoms with van der Waals surface area (Å²) in [6, 6.07) is 15.0. The molecule has 0 saturated heterocycles. The molecule has 0 radical (unpaired) electrons. The number of carbonyl (C=O) groups is 2. The Kier molecular flexibility index (Phi) is 8.31. The number of rotatable bonds is 7. The minimum Gasteiger partial charge on any atom is -0.458 e. The van der Waals surface area contributed by atoms with E-state index in [9.17, 15) is 9.59 Å². The maximum absolute atomic E-state index is 11.6. The third kappa shape index (κ3) is 7.80. The fourth-order valence-corrected chi connectivity index (χ4v) is 2.82. The number of esters is 2. The Bertz CT molecular complexity index is 759. The van der Waals surface area contributed by atoms with E-state index in [1.807, 2.05) is 48.5 Å². The molecule has 0 atom stereocenters. The van der Waals surface area contributed by atoms with Gasteiger partial charge in [-0.25, -0.2) is 9.59 Å². The van der Waals surface area contributed by atoms with Gasteiger partial charge in [0.15, 0.2) is 0 Å². The molecule has 0 aliphatic carbocycles. The van der Waals surface area contributed by atoms with E-state index >= 15 is 0 Å². The molecule has 0 amide bonds. The van der Waals surface area contributed by atoms with Crippen molar-refractivity contribution in [1.82, 2.24) is 0 Å². The second kappa shape index (κ2) is 10.7. The number of carbonyl (C=O) groups excluding carboxylic acids is 2. The van der Waals surface area contributed by atoms with Crippen LogP contribution in [-0.2, 0) is 32.3 Å². The van der Waals surface area contributed by atoms with Crippen molar-refractivity contribution in [2.75, 3.05) is 0 Å². The minimum absolute atomic E-state index is 0.182. The molecule has 0 aromatic heterocycles. The van der Waals surface area contributed by atoms with Crippen molar-refractivity contribution in [3.8, 4) is 0 Å². The molecule has 4 nitrogen and oxygen atoms in total. The van der Waals surface area contributed by atoms with Crippen LogP contribution in [0, 0.1) is 0 Å². The summed E-state index contributed by atoms with van der Waals surface area (Å²) >= 11 is 6.71. The van der Waals surface area contributed by atoms with Crippen LogP contribution in [0.2, 0.25) is 0 Å². The highest BCUT2D eigenvalue weighted by molar-refractivity contribution is 9.10. The molecule has 0 bridgehead atoms. The van der Waals surface area contributed by atoms with Gasteiger partial charge in [-0.15, -0.1) is 0 Å². The Hall–Kier alpha value is -2.18. The van der Waals surface area contributed by atoms with Gasteiger partial charge in [-0.2, -0.15) is 0 Å². The standard InChI is InChI=1S/C20H16Br2O4/c21-17-7-3-5-15(11-17)13-25-19(23)9-1-2-10-20(24)26-14-16-6-4-8-18(22)12-16/h1-12H,13-14H2/b9-1+,10-2+. The average molecular weight is 480 g/mol. The molecule has 0 spiro atoms. The zero-order valence-corrected chi connectivity index (χ0v) is 16.9. The van der Waals surface area contributed by atoms with Gasteiger partial charge in [-0.05, 0) is 35.4 Å². The fourth-order valence-electron chi connectivity index (χ4n) is 1.93. The van der Waals surface area contributed by atoms with Crippen LogP contribution in [-0.4, -0.2) is 11.9 Å². The van der Waals surface area contributed by atoms with E-state index in [1.54, 1.807) is 0 Å². The first-order valence-corrected chi connectivity index (χ1v) is 9.28. The molecule has 2 aromatic carbocycles. The molecule has 0 N–H and O–H groups in total. The molecular weight excluding hydrogens is 464 g/mol. The topological polar surface area (TPSA) is 52.6 Å². The first kappa shape index (κ1) is 20.1. The zero-order chi connectivity index (χ0) is 18.8. The lowest BCUT2D eigenvalue weighted by Gasteiger charge is -2.02. The predicted molar refractivity (Wildman–Crippen MR) is 106 cm³/mol. The van der Waals surface area contributed by atoms with E-state index < -0.39 is 11.9 Å². The van der Waals surface area contributed by atoms with Crippen LogP contribution in [0.15, 0.2) is 81.8 Å². The molecule has 0 unspecified atom stereocenters. The monoisotopic (exact) mass is 478 g/mol. The summed E-state index contributed by atoms with van der Waals surface area (Å²) in [4.78, 5) is 23.2. The second-order valence-electron chi connectivity index (χ2n) is 5.19. The van der Waals surface area contributed by atoms with Crippen molar-refractivity contribution in [3.05, 3.63) is 92.9 Å². The van der Waals surface area contributed by atoms with Crippen molar-refractivity contribution in [1.29, 1.82) is 0 Å². The molecule has 26 heavy (non-hydrogen) atoms. The fraction of sp³-hybridized carbons (Fsp3) is 0.100.